The van der Waals surface area contributed by atoms with Crippen molar-refractivity contribution in [1.29, 1.82) is 0 Å². The Morgan fingerprint density at radius 2 is 1.96 bits per heavy atom. The second kappa shape index (κ2) is 8.14. The van der Waals surface area contributed by atoms with Crippen LogP contribution >= 0.6 is 11.6 Å². The quantitative estimate of drug-likeness (QED) is 0.697. The number of hydrogen-bond donors (Lipinski definition) is 2. The Morgan fingerprint density at radius 3 is 2.71 bits per heavy atom. The van der Waals surface area contributed by atoms with E-state index in [1.54, 1.807) is 11.1 Å². The second-order valence-electron chi connectivity index (χ2n) is 6.98. The first-order chi connectivity index (χ1) is 13.6. The van der Waals surface area contributed by atoms with Gasteiger partial charge in [0.1, 0.15) is 0 Å². The third-order valence-corrected chi connectivity index (χ3v) is 5.23. The summed E-state index contributed by atoms with van der Waals surface area (Å²) in [6.07, 6.45) is 3.76. The van der Waals surface area contributed by atoms with E-state index in [-0.39, 0.29) is 17.9 Å². The smallest absolute Gasteiger partial charge is 0.229 e. The van der Waals surface area contributed by atoms with Gasteiger partial charge in [0.15, 0.2) is 0 Å². The summed E-state index contributed by atoms with van der Waals surface area (Å²) in [7, 11) is 1.83. The van der Waals surface area contributed by atoms with Crippen LogP contribution in [0.4, 0.5) is 0 Å². The predicted octanol–water partition coefficient (Wildman–Crippen LogP) is 2.95. The van der Waals surface area contributed by atoms with E-state index in [4.69, 9.17) is 11.6 Å². The van der Waals surface area contributed by atoms with Gasteiger partial charge in [0.25, 0.3) is 0 Å². The molecule has 4 rings (SSSR count). The van der Waals surface area contributed by atoms with Crippen LogP contribution in [-0.2, 0) is 11.3 Å². The van der Waals surface area contributed by atoms with Crippen molar-refractivity contribution in [2.24, 2.45) is 5.92 Å². The van der Waals surface area contributed by atoms with Crippen LogP contribution in [0.2, 0.25) is 5.02 Å². The lowest BCUT2D eigenvalue weighted by molar-refractivity contribution is -0.134. The van der Waals surface area contributed by atoms with Gasteiger partial charge in [-0.15, -0.1) is 0 Å². The van der Waals surface area contributed by atoms with Crippen molar-refractivity contribution >= 4 is 17.5 Å². The van der Waals surface area contributed by atoms with Crippen LogP contribution in [0, 0.1) is 5.92 Å². The minimum atomic E-state index is -0.185. The minimum Gasteiger partial charge on any atom is -0.341 e. The van der Waals surface area contributed by atoms with E-state index in [0.29, 0.717) is 18.1 Å². The maximum absolute atomic E-state index is 13.1. The molecule has 1 aliphatic heterocycles. The van der Waals surface area contributed by atoms with Crippen LogP contribution in [0.3, 0.4) is 0 Å². The highest BCUT2D eigenvalue weighted by molar-refractivity contribution is 6.30. The van der Waals surface area contributed by atoms with Gasteiger partial charge in [0.2, 0.25) is 5.91 Å². The molecule has 2 atom stereocenters. The number of nitrogens with one attached hydrogen (secondary N) is 2. The van der Waals surface area contributed by atoms with Gasteiger partial charge in [0, 0.05) is 36.9 Å². The number of rotatable bonds is 5. The largest absolute Gasteiger partial charge is 0.341 e. The highest BCUT2D eigenvalue weighted by Gasteiger charge is 2.35. The molecule has 2 aromatic carbocycles. The Hall–Kier alpha value is -2.67. The van der Waals surface area contributed by atoms with Crippen LogP contribution in [0.5, 0.6) is 0 Å². The number of para-hydroxylation sites is 1. The molecule has 2 heterocycles. The van der Waals surface area contributed by atoms with Gasteiger partial charge in [0.05, 0.1) is 23.8 Å². The van der Waals surface area contributed by atoms with Gasteiger partial charge < -0.3 is 4.90 Å². The minimum absolute atomic E-state index is 0.0840. The lowest BCUT2D eigenvalue weighted by atomic mass is 9.93. The molecule has 2 unspecified atom stereocenters. The highest BCUT2D eigenvalue weighted by Crippen LogP contribution is 2.27. The van der Waals surface area contributed by atoms with Crippen molar-refractivity contribution in [2.45, 2.75) is 12.6 Å². The molecule has 0 bridgehead atoms. The molecule has 1 amide bonds. The van der Waals surface area contributed by atoms with Gasteiger partial charge >= 0.3 is 0 Å². The van der Waals surface area contributed by atoms with Crippen LogP contribution in [0.15, 0.2) is 67.0 Å². The zero-order valence-corrected chi connectivity index (χ0v) is 16.3. The van der Waals surface area contributed by atoms with Crippen LogP contribution in [-0.4, -0.2) is 34.2 Å². The monoisotopic (exact) mass is 395 g/mol. The third-order valence-electron chi connectivity index (χ3n) is 4.98. The van der Waals surface area contributed by atoms with Crippen molar-refractivity contribution in [1.82, 2.24) is 25.5 Å². The summed E-state index contributed by atoms with van der Waals surface area (Å²) in [6, 6.07) is 17.4. The van der Waals surface area contributed by atoms with Crippen molar-refractivity contribution in [3.8, 4) is 5.69 Å². The zero-order valence-electron chi connectivity index (χ0n) is 15.5. The molecular weight excluding hydrogens is 374 g/mol. The molecular formula is C21H22ClN5O. The molecule has 2 N–H and O–H groups in total. The van der Waals surface area contributed by atoms with Crippen LogP contribution in [0.25, 0.3) is 5.69 Å². The normalized spacial score (nSPS) is 18.9. The van der Waals surface area contributed by atoms with Crippen molar-refractivity contribution in [3.05, 3.63) is 83.1 Å². The number of benzene rings is 2. The van der Waals surface area contributed by atoms with E-state index < -0.39 is 0 Å². The summed E-state index contributed by atoms with van der Waals surface area (Å²) in [5.41, 5.74) is 9.35. The SMILES string of the molecule is CN(Cc1cnn(-c2ccccc2)c1)C(=O)C1CNNC1c1ccc(Cl)cc1. The number of hydrazine groups is 1. The molecule has 1 saturated heterocycles. The van der Waals surface area contributed by atoms with Gasteiger partial charge in [-0.05, 0) is 29.8 Å². The number of nitrogens with zero attached hydrogens (tertiary/aromatic N) is 3. The summed E-state index contributed by atoms with van der Waals surface area (Å²) in [6.45, 7) is 1.09. The molecule has 1 fully saturated rings. The molecule has 144 valence electrons. The summed E-state index contributed by atoms with van der Waals surface area (Å²) in [5.74, 6) is -0.0970. The van der Waals surface area contributed by atoms with Crippen LogP contribution in [0.1, 0.15) is 17.2 Å². The molecule has 28 heavy (non-hydrogen) atoms. The fourth-order valence-electron chi connectivity index (χ4n) is 3.51. The number of amides is 1. The lowest BCUT2D eigenvalue weighted by Gasteiger charge is -2.24. The first-order valence-electron chi connectivity index (χ1n) is 9.19. The van der Waals surface area contributed by atoms with E-state index in [9.17, 15) is 4.79 Å². The van der Waals surface area contributed by atoms with E-state index in [2.05, 4.69) is 16.0 Å². The standard InChI is InChI=1S/C21H22ClN5O/c1-26(13-15-11-24-27(14-15)18-5-3-2-4-6-18)21(28)19-12-23-25-20(19)16-7-9-17(22)10-8-16/h2-11,14,19-20,23,25H,12-13H2,1H3. The summed E-state index contributed by atoms with van der Waals surface area (Å²) < 4.78 is 1.82. The molecule has 0 saturated carbocycles. The van der Waals surface area contributed by atoms with Gasteiger partial charge in [-0.25, -0.2) is 10.1 Å². The molecule has 1 aromatic heterocycles. The molecule has 0 spiro atoms. The van der Waals surface area contributed by atoms with Gasteiger partial charge in [-0.3, -0.25) is 10.2 Å². The summed E-state index contributed by atoms with van der Waals surface area (Å²) in [4.78, 5) is 14.8. The number of carbonyl (C=O) groups excluding carboxylic acids is 1. The maximum atomic E-state index is 13.1. The Labute approximate surface area is 169 Å². The average molecular weight is 396 g/mol. The number of halogens is 1. The fraction of sp³-hybridized carbons (Fsp3) is 0.238. The Balaban J connectivity index is 1.44. The van der Waals surface area contributed by atoms with Crippen molar-refractivity contribution in [3.63, 3.8) is 0 Å². The highest BCUT2D eigenvalue weighted by atomic mass is 35.5. The Bertz CT molecular complexity index is 941. The summed E-state index contributed by atoms with van der Waals surface area (Å²) in [5, 5.41) is 5.09. The van der Waals surface area contributed by atoms with E-state index in [1.807, 2.05) is 72.5 Å². The Morgan fingerprint density at radius 1 is 1.21 bits per heavy atom. The summed E-state index contributed by atoms with van der Waals surface area (Å²) >= 11 is 5.99. The number of hydrogen-bond acceptors (Lipinski definition) is 4. The second-order valence-corrected chi connectivity index (χ2v) is 7.42. The molecule has 3 aromatic rings. The number of carbonyl (C=O) groups is 1. The molecule has 0 aliphatic carbocycles. The predicted molar refractivity (Wildman–Crippen MR) is 109 cm³/mol. The van der Waals surface area contributed by atoms with E-state index >= 15 is 0 Å². The lowest BCUT2D eigenvalue weighted by Crippen LogP contribution is -2.36. The Kier molecular flexibility index (Phi) is 5.43. The van der Waals surface area contributed by atoms with Gasteiger partial charge in [-0.2, -0.15) is 5.10 Å². The van der Waals surface area contributed by atoms with E-state index in [0.717, 1.165) is 16.8 Å². The van der Waals surface area contributed by atoms with Crippen molar-refractivity contribution < 1.29 is 4.79 Å². The zero-order chi connectivity index (χ0) is 19.5. The van der Waals surface area contributed by atoms with E-state index in [1.165, 1.54) is 0 Å². The third kappa shape index (κ3) is 3.94. The molecule has 1 aliphatic rings. The maximum Gasteiger partial charge on any atom is 0.229 e. The fourth-order valence-corrected chi connectivity index (χ4v) is 3.64. The van der Waals surface area contributed by atoms with Crippen LogP contribution < -0.4 is 10.9 Å². The molecule has 0 radical (unpaired) electrons. The van der Waals surface area contributed by atoms with Gasteiger partial charge in [-0.1, -0.05) is 41.9 Å². The molecule has 7 heteroatoms. The first kappa shape index (κ1) is 18.7. The van der Waals surface area contributed by atoms with Crippen molar-refractivity contribution in [2.75, 3.05) is 13.6 Å². The molecule has 6 nitrogen and oxygen atoms in total. The number of aromatic nitrogens is 2. The topological polar surface area (TPSA) is 62.2 Å². The average Bonchev–Trinajstić information content (AvgIpc) is 3.38. The first-order valence-corrected chi connectivity index (χ1v) is 9.57.